The van der Waals surface area contributed by atoms with Gasteiger partial charge < -0.3 is 4.42 Å². The summed E-state index contributed by atoms with van der Waals surface area (Å²) in [6, 6.07) is 4.78. The van der Waals surface area contributed by atoms with Gasteiger partial charge in [0.2, 0.25) is 5.13 Å². The fourth-order valence-electron chi connectivity index (χ4n) is 2.16. The third kappa shape index (κ3) is 3.20. The number of anilines is 1. The number of aromatic nitrogens is 2. The van der Waals surface area contributed by atoms with Crippen molar-refractivity contribution in [3.63, 3.8) is 0 Å². The summed E-state index contributed by atoms with van der Waals surface area (Å²) in [6.07, 6.45) is 0. The minimum atomic E-state index is -0.515. The van der Waals surface area contributed by atoms with Crippen LogP contribution in [0.3, 0.4) is 0 Å². The van der Waals surface area contributed by atoms with E-state index in [-0.39, 0.29) is 11.2 Å². The number of nitrogens with one attached hydrogen (secondary N) is 1. The Kier molecular flexibility index (Phi) is 4.68. The lowest BCUT2D eigenvalue weighted by molar-refractivity contribution is 0.0997. The second-order valence-corrected chi connectivity index (χ2v) is 7.61. The van der Waals surface area contributed by atoms with Crippen molar-refractivity contribution in [1.82, 2.24) is 10.2 Å². The second-order valence-electron chi connectivity index (χ2n) is 5.12. The maximum Gasteiger partial charge on any atom is 0.293 e. The molecule has 8 heteroatoms. The maximum atomic E-state index is 12.4. The molecule has 6 nitrogen and oxygen atoms in total. The Hall–Kier alpha value is -2.19. The van der Waals surface area contributed by atoms with Gasteiger partial charge in [-0.3, -0.25) is 14.9 Å². The molecule has 3 rings (SSSR count). The van der Waals surface area contributed by atoms with Crippen LogP contribution in [0.2, 0.25) is 0 Å². The first-order chi connectivity index (χ1) is 11.5. The molecular formula is C16H15N3O3S2. The molecule has 1 N–H and O–H groups in total. The highest BCUT2D eigenvalue weighted by molar-refractivity contribution is 8.01. The monoisotopic (exact) mass is 361 g/mol. The number of benzene rings is 1. The molecule has 0 atom stereocenters. The van der Waals surface area contributed by atoms with Crippen LogP contribution in [0.4, 0.5) is 5.13 Å². The van der Waals surface area contributed by atoms with Crippen LogP contribution in [0.15, 0.2) is 31.8 Å². The summed E-state index contributed by atoms with van der Waals surface area (Å²) < 4.78 is 6.46. The van der Waals surface area contributed by atoms with Crippen molar-refractivity contribution in [1.29, 1.82) is 0 Å². The van der Waals surface area contributed by atoms with E-state index in [1.807, 2.05) is 26.8 Å². The summed E-state index contributed by atoms with van der Waals surface area (Å²) in [5.41, 5.74) is 2.03. The molecule has 0 aliphatic rings. The van der Waals surface area contributed by atoms with Crippen LogP contribution in [-0.2, 0) is 0 Å². The smallest absolute Gasteiger partial charge is 0.293 e. The molecule has 0 unspecified atom stereocenters. The van der Waals surface area contributed by atoms with E-state index in [1.165, 1.54) is 17.4 Å². The summed E-state index contributed by atoms with van der Waals surface area (Å²) in [6.45, 7) is 5.80. The highest BCUT2D eigenvalue weighted by atomic mass is 32.2. The number of thioether (sulfide) groups is 1. The van der Waals surface area contributed by atoms with Crippen LogP contribution in [0.25, 0.3) is 11.0 Å². The molecule has 0 aliphatic heterocycles. The van der Waals surface area contributed by atoms with Gasteiger partial charge in [-0.2, -0.15) is 0 Å². The number of hydrogen-bond acceptors (Lipinski definition) is 7. The average molecular weight is 361 g/mol. The van der Waals surface area contributed by atoms with Crippen LogP contribution in [0.1, 0.15) is 28.6 Å². The minimum absolute atomic E-state index is 0.0407. The van der Waals surface area contributed by atoms with E-state index < -0.39 is 5.91 Å². The van der Waals surface area contributed by atoms with Gasteiger partial charge in [-0.1, -0.05) is 36.1 Å². The zero-order valence-electron chi connectivity index (χ0n) is 13.4. The van der Waals surface area contributed by atoms with Gasteiger partial charge in [-0.15, -0.1) is 10.2 Å². The van der Waals surface area contributed by atoms with Crippen molar-refractivity contribution in [2.45, 2.75) is 25.1 Å². The first-order valence-electron chi connectivity index (χ1n) is 7.31. The summed E-state index contributed by atoms with van der Waals surface area (Å²) >= 11 is 2.83. The van der Waals surface area contributed by atoms with Crippen LogP contribution in [0, 0.1) is 13.8 Å². The van der Waals surface area contributed by atoms with Crippen LogP contribution >= 0.6 is 23.1 Å². The Morgan fingerprint density at radius 2 is 2.12 bits per heavy atom. The standard InChI is InChI=1S/C16H15N3O3S2/c1-4-23-16-19-18-15(24-16)17-14(21)12-7-11(20)10-6-5-8(2)9(3)13(10)22-12/h5-7H,4H2,1-3H3,(H,17,18,21). The molecule has 1 aromatic carbocycles. The Labute approximate surface area is 146 Å². The molecule has 0 saturated carbocycles. The number of carbonyl (C=O) groups excluding carboxylic acids is 1. The molecular weight excluding hydrogens is 346 g/mol. The van der Waals surface area contributed by atoms with Gasteiger partial charge in [0.05, 0.1) is 5.39 Å². The van der Waals surface area contributed by atoms with E-state index in [9.17, 15) is 9.59 Å². The Morgan fingerprint density at radius 3 is 2.88 bits per heavy atom. The molecule has 0 fully saturated rings. The van der Waals surface area contributed by atoms with Gasteiger partial charge in [0, 0.05) is 6.07 Å². The van der Waals surface area contributed by atoms with E-state index in [0.29, 0.717) is 16.1 Å². The fraction of sp³-hybridized carbons (Fsp3) is 0.250. The zero-order valence-corrected chi connectivity index (χ0v) is 15.0. The first kappa shape index (κ1) is 16.7. The lowest BCUT2D eigenvalue weighted by Crippen LogP contribution is -2.15. The summed E-state index contributed by atoms with van der Waals surface area (Å²) in [5, 5.41) is 11.3. The zero-order chi connectivity index (χ0) is 17.3. The Morgan fingerprint density at radius 1 is 1.33 bits per heavy atom. The van der Waals surface area contributed by atoms with Gasteiger partial charge >= 0.3 is 0 Å². The summed E-state index contributed by atoms with van der Waals surface area (Å²) in [4.78, 5) is 24.6. The van der Waals surface area contributed by atoms with E-state index in [0.717, 1.165) is 21.2 Å². The highest BCUT2D eigenvalue weighted by Gasteiger charge is 2.16. The van der Waals surface area contributed by atoms with Crippen molar-refractivity contribution >= 4 is 45.1 Å². The number of nitrogens with zero attached hydrogens (tertiary/aromatic N) is 2. The topological polar surface area (TPSA) is 85.1 Å². The molecule has 1 amide bonds. The third-order valence-corrected chi connectivity index (χ3v) is 5.39. The van der Waals surface area contributed by atoms with Crippen molar-refractivity contribution in [2.24, 2.45) is 0 Å². The van der Waals surface area contributed by atoms with Crippen LogP contribution < -0.4 is 10.7 Å². The number of hydrogen-bond donors (Lipinski definition) is 1. The van der Waals surface area contributed by atoms with Crippen LogP contribution in [0.5, 0.6) is 0 Å². The number of aryl methyl sites for hydroxylation is 2. The normalized spacial score (nSPS) is 11.0. The molecule has 24 heavy (non-hydrogen) atoms. The molecule has 3 aromatic rings. The number of fused-ring (bicyclic) bond motifs is 1. The molecule has 124 valence electrons. The lowest BCUT2D eigenvalue weighted by atomic mass is 10.1. The molecule has 0 bridgehead atoms. The quantitative estimate of drug-likeness (QED) is 0.564. The highest BCUT2D eigenvalue weighted by Crippen LogP contribution is 2.26. The van der Waals surface area contributed by atoms with Gasteiger partial charge in [-0.05, 0) is 36.8 Å². The van der Waals surface area contributed by atoms with Crippen molar-refractivity contribution in [3.05, 3.63) is 45.3 Å². The molecule has 0 saturated heterocycles. The number of amides is 1. The summed E-state index contributed by atoms with van der Waals surface area (Å²) in [7, 11) is 0. The second kappa shape index (κ2) is 6.74. The Bertz CT molecular complexity index is 978. The third-order valence-electron chi connectivity index (χ3n) is 3.53. The maximum absolute atomic E-state index is 12.4. The van der Waals surface area contributed by atoms with E-state index in [4.69, 9.17) is 4.42 Å². The first-order valence-corrected chi connectivity index (χ1v) is 9.11. The molecule has 0 aliphatic carbocycles. The predicted octanol–water partition coefficient (Wildman–Crippen LogP) is 3.63. The minimum Gasteiger partial charge on any atom is -0.450 e. The SMILES string of the molecule is CCSc1nnc(NC(=O)c2cc(=O)c3ccc(C)c(C)c3o2)s1. The van der Waals surface area contributed by atoms with Crippen molar-refractivity contribution in [3.8, 4) is 0 Å². The van der Waals surface area contributed by atoms with Crippen molar-refractivity contribution in [2.75, 3.05) is 11.1 Å². The predicted molar refractivity (Wildman–Crippen MR) is 96.2 cm³/mol. The largest absolute Gasteiger partial charge is 0.450 e. The molecule has 2 heterocycles. The van der Waals surface area contributed by atoms with E-state index >= 15 is 0 Å². The molecule has 2 aromatic heterocycles. The summed E-state index contributed by atoms with van der Waals surface area (Å²) in [5.74, 6) is 0.320. The van der Waals surface area contributed by atoms with E-state index in [2.05, 4.69) is 15.5 Å². The van der Waals surface area contributed by atoms with Gasteiger partial charge in [0.1, 0.15) is 5.58 Å². The fourth-order valence-corrected chi connectivity index (χ4v) is 3.81. The van der Waals surface area contributed by atoms with Gasteiger partial charge in [0.15, 0.2) is 15.5 Å². The lowest BCUT2D eigenvalue weighted by Gasteiger charge is -2.06. The van der Waals surface area contributed by atoms with Gasteiger partial charge in [-0.25, -0.2) is 0 Å². The Balaban J connectivity index is 1.94. The average Bonchev–Trinajstić information content (AvgIpc) is 2.98. The van der Waals surface area contributed by atoms with Crippen molar-refractivity contribution < 1.29 is 9.21 Å². The molecule has 0 radical (unpaired) electrons. The number of carbonyl (C=O) groups is 1. The van der Waals surface area contributed by atoms with Gasteiger partial charge in [0.25, 0.3) is 5.91 Å². The van der Waals surface area contributed by atoms with Crippen LogP contribution in [-0.4, -0.2) is 21.9 Å². The number of rotatable bonds is 4. The molecule has 0 spiro atoms. The van der Waals surface area contributed by atoms with E-state index in [1.54, 1.807) is 17.8 Å².